The molecule has 0 radical (unpaired) electrons. The third kappa shape index (κ3) is 7.04. The van der Waals surface area contributed by atoms with Crippen molar-refractivity contribution in [2.75, 3.05) is 23.7 Å². The molecule has 2 amide bonds. The largest absolute Gasteiger partial charge is 0.319 e. The third-order valence-corrected chi connectivity index (χ3v) is 11.6. The van der Waals surface area contributed by atoms with Crippen molar-refractivity contribution in [1.29, 1.82) is 0 Å². The van der Waals surface area contributed by atoms with E-state index in [0.29, 0.717) is 61.9 Å². The van der Waals surface area contributed by atoms with Gasteiger partial charge in [-0.05, 0) is 111 Å². The zero-order chi connectivity index (χ0) is 34.4. The van der Waals surface area contributed by atoms with Gasteiger partial charge in [-0.2, -0.15) is 0 Å². The summed E-state index contributed by atoms with van der Waals surface area (Å²) in [4.78, 5) is 41.0. The molecule has 8 nitrogen and oxygen atoms in total. The van der Waals surface area contributed by atoms with E-state index in [-0.39, 0.29) is 11.8 Å². The molecule has 4 heterocycles. The highest BCUT2D eigenvalue weighted by Crippen LogP contribution is 2.43. The van der Waals surface area contributed by atoms with Gasteiger partial charge in [0.25, 0.3) is 11.8 Å². The van der Waals surface area contributed by atoms with E-state index in [1.54, 1.807) is 12.1 Å². The lowest BCUT2D eigenvalue weighted by atomic mass is 9.99. The number of rotatable bonds is 9. The van der Waals surface area contributed by atoms with Gasteiger partial charge in [-0.1, -0.05) is 53.9 Å². The zero-order valence-electron chi connectivity index (χ0n) is 28.4. The number of pyridine rings is 2. The van der Waals surface area contributed by atoms with Crippen LogP contribution in [0.4, 0.5) is 11.4 Å². The van der Waals surface area contributed by atoms with Crippen LogP contribution in [0.25, 0.3) is 11.1 Å². The number of carbonyl (C=O) groups excluding carboxylic acids is 2. The van der Waals surface area contributed by atoms with Crippen molar-refractivity contribution in [2.24, 2.45) is 0 Å². The van der Waals surface area contributed by atoms with Crippen LogP contribution in [-0.2, 0) is 19.5 Å². The van der Waals surface area contributed by atoms with Crippen LogP contribution in [0.3, 0.4) is 0 Å². The van der Waals surface area contributed by atoms with Crippen LogP contribution in [0.2, 0.25) is 10.0 Å². The zero-order valence-corrected chi connectivity index (χ0v) is 29.9. The van der Waals surface area contributed by atoms with Crippen LogP contribution in [0, 0.1) is 0 Å². The Bertz CT molecular complexity index is 1960. The molecule has 4 aliphatic rings. The Hall–Kier alpha value is -3.82. The average Bonchev–Trinajstić information content (AvgIpc) is 4.06. The molecule has 2 aliphatic carbocycles. The van der Waals surface area contributed by atoms with Crippen molar-refractivity contribution in [3.8, 4) is 11.1 Å². The number of fused-ring (bicyclic) bond motifs is 1. The molecule has 0 bridgehead atoms. The fourth-order valence-corrected chi connectivity index (χ4v) is 8.07. The number of carbonyl (C=O) groups is 2. The Morgan fingerprint density at radius 1 is 0.800 bits per heavy atom. The Balaban J connectivity index is 0.979. The smallest absolute Gasteiger partial charge is 0.274 e. The number of aromatic nitrogens is 2. The van der Waals surface area contributed by atoms with Gasteiger partial charge in [0.05, 0.1) is 21.4 Å². The lowest BCUT2D eigenvalue weighted by Crippen LogP contribution is -2.37. The van der Waals surface area contributed by atoms with Crippen LogP contribution in [-0.4, -0.2) is 56.8 Å². The number of halogens is 2. The summed E-state index contributed by atoms with van der Waals surface area (Å²) in [6.07, 6.45) is 13.2. The highest BCUT2D eigenvalue weighted by atomic mass is 35.5. The van der Waals surface area contributed by atoms with Gasteiger partial charge in [0.2, 0.25) is 0 Å². The molecule has 3 fully saturated rings. The van der Waals surface area contributed by atoms with E-state index in [2.05, 4.69) is 37.3 Å². The highest BCUT2D eigenvalue weighted by molar-refractivity contribution is 6.40. The first-order valence-electron chi connectivity index (χ1n) is 18.0. The molecule has 4 aromatic rings. The van der Waals surface area contributed by atoms with Crippen molar-refractivity contribution < 1.29 is 9.59 Å². The van der Waals surface area contributed by atoms with Crippen LogP contribution < -0.4 is 10.6 Å². The second-order valence-electron chi connectivity index (χ2n) is 14.4. The van der Waals surface area contributed by atoms with Gasteiger partial charge in [0, 0.05) is 55.2 Å². The maximum atomic E-state index is 13.6. The fourth-order valence-electron chi connectivity index (χ4n) is 7.52. The summed E-state index contributed by atoms with van der Waals surface area (Å²) in [7, 11) is 0. The summed E-state index contributed by atoms with van der Waals surface area (Å²) in [5, 5.41) is 6.63. The van der Waals surface area contributed by atoms with E-state index >= 15 is 0 Å². The number of benzene rings is 2. The normalized spacial score (nSPS) is 19.5. The van der Waals surface area contributed by atoms with Crippen LogP contribution in [0.1, 0.15) is 101 Å². The summed E-state index contributed by atoms with van der Waals surface area (Å²) in [6, 6.07) is 16.0. The maximum absolute atomic E-state index is 13.6. The third-order valence-electron chi connectivity index (χ3n) is 10.8. The molecule has 2 aromatic heterocycles. The fraction of sp³-hybridized carbons (Fsp3) is 0.400. The monoisotopic (exact) mass is 708 g/mol. The van der Waals surface area contributed by atoms with E-state index < -0.39 is 0 Å². The molecule has 0 spiro atoms. The van der Waals surface area contributed by atoms with Crippen LogP contribution >= 0.6 is 23.2 Å². The molecule has 8 rings (SSSR count). The van der Waals surface area contributed by atoms with E-state index in [0.717, 1.165) is 45.4 Å². The number of hydrogen-bond acceptors (Lipinski definition) is 6. The number of nitrogens with one attached hydrogen (secondary N) is 2. The minimum atomic E-state index is -0.321. The van der Waals surface area contributed by atoms with Crippen molar-refractivity contribution in [3.05, 3.63) is 105 Å². The number of hydrogen-bond donors (Lipinski definition) is 2. The minimum absolute atomic E-state index is 0.311. The molecule has 2 aliphatic heterocycles. The Morgan fingerprint density at radius 2 is 1.46 bits per heavy atom. The highest BCUT2D eigenvalue weighted by Gasteiger charge is 2.32. The summed E-state index contributed by atoms with van der Waals surface area (Å²) >= 11 is 13.9. The molecular formula is C40H42Cl2N6O2. The molecule has 258 valence electrons. The summed E-state index contributed by atoms with van der Waals surface area (Å²) in [6.45, 7) is 6.19. The first kappa shape index (κ1) is 33.3. The second-order valence-corrected chi connectivity index (χ2v) is 15.1. The first-order chi connectivity index (χ1) is 24.3. The van der Waals surface area contributed by atoms with Crippen LogP contribution in [0.15, 0.2) is 60.9 Å². The molecule has 0 unspecified atom stereocenters. The van der Waals surface area contributed by atoms with E-state index in [4.69, 9.17) is 23.2 Å². The molecule has 1 atom stereocenters. The van der Waals surface area contributed by atoms with Crippen molar-refractivity contribution in [2.45, 2.75) is 89.4 Å². The van der Waals surface area contributed by atoms with E-state index in [9.17, 15) is 9.59 Å². The first-order valence-corrected chi connectivity index (χ1v) is 18.7. The summed E-state index contributed by atoms with van der Waals surface area (Å²) < 4.78 is 0. The number of amides is 2. The summed E-state index contributed by atoms with van der Waals surface area (Å²) in [5.74, 6) is -0.144. The molecule has 10 heteroatoms. The molecule has 2 saturated carbocycles. The predicted octanol–water partition coefficient (Wildman–Crippen LogP) is 8.73. The van der Waals surface area contributed by atoms with E-state index in [1.807, 2.05) is 48.8 Å². The van der Waals surface area contributed by atoms with Crippen molar-refractivity contribution in [1.82, 2.24) is 19.8 Å². The SMILES string of the molecule is C[C@@H]1CCCCN1Cc1cnc(C(=O)Nc2cccc(-c3cccc(NC(=O)c4cc5c(cn4)CN(C4CC4)CC5)c3Cl)c2Cl)cc1C1CC1. The van der Waals surface area contributed by atoms with Gasteiger partial charge >= 0.3 is 0 Å². The van der Waals surface area contributed by atoms with Crippen molar-refractivity contribution in [3.63, 3.8) is 0 Å². The van der Waals surface area contributed by atoms with Crippen molar-refractivity contribution >= 4 is 46.4 Å². The average molecular weight is 710 g/mol. The van der Waals surface area contributed by atoms with Crippen LogP contribution in [0.5, 0.6) is 0 Å². The molecule has 1 saturated heterocycles. The molecular weight excluding hydrogens is 667 g/mol. The van der Waals surface area contributed by atoms with E-state index in [1.165, 1.54) is 54.4 Å². The Labute approximate surface area is 303 Å². The Kier molecular flexibility index (Phi) is 9.38. The van der Waals surface area contributed by atoms with Gasteiger partial charge in [-0.3, -0.25) is 29.4 Å². The quantitative estimate of drug-likeness (QED) is 0.181. The second kappa shape index (κ2) is 14.1. The molecule has 2 N–H and O–H groups in total. The van der Waals surface area contributed by atoms with Gasteiger partial charge in [0.1, 0.15) is 11.4 Å². The lowest BCUT2D eigenvalue weighted by molar-refractivity contribution is 0.101. The maximum Gasteiger partial charge on any atom is 0.274 e. The molecule has 2 aromatic carbocycles. The number of piperidine rings is 1. The molecule has 50 heavy (non-hydrogen) atoms. The summed E-state index contributed by atoms with van der Waals surface area (Å²) in [5.41, 5.74) is 7.75. The van der Waals surface area contributed by atoms with Gasteiger partial charge in [-0.25, -0.2) is 0 Å². The van der Waals surface area contributed by atoms with Gasteiger partial charge in [0.15, 0.2) is 0 Å². The van der Waals surface area contributed by atoms with Gasteiger partial charge < -0.3 is 10.6 Å². The topological polar surface area (TPSA) is 90.5 Å². The number of anilines is 2. The number of nitrogens with zero attached hydrogens (tertiary/aromatic N) is 4. The lowest BCUT2D eigenvalue weighted by Gasteiger charge is -2.33. The minimum Gasteiger partial charge on any atom is -0.319 e. The Morgan fingerprint density at radius 3 is 2.10 bits per heavy atom. The number of likely N-dealkylation sites (tertiary alicyclic amines) is 1. The standard InChI is InChI=1S/C40H42Cl2N6O2/c1-24-6-2-3-16-47(24)23-28-21-44-36(19-32(28)25-11-12-25)40(50)46-34-10-5-8-31(38(34)42)30-7-4-9-33(37(30)41)45-39(49)35-18-26-15-17-48(29-13-14-29)22-27(26)20-43-35/h4-5,7-10,18-21,24-25,29H,2-3,6,11-17,22-23H2,1H3,(H,45,49)(H,46,50)/t24-/m1/s1. The predicted molar refractivity (Wildman–Crippen MR) is 199 cm³/mol. The van der Waals surface area contributed by atoms with Gasteiger partial charge in [-0.15, -0.1) is 0 Å².